The minimum atomic E-state index is 0.0658. The van der Waals surface area contributed by atoms with Crippen LogP contribution < -0.4 is 5.32 Å². The van der Waals surface area contributed by atoms with Gasteiger partial charge < -0.3 is 15.4 Å². The summed E-state index contributed by atoms with van der Waals surface area (Å²) in [7, 11) is 0. The van der Waals surface area contributed by atoms with Gasteiger partial charge in [-0.05, 0) is 17.7 Å². The van der Waals surface area contributed by atoms with Crippen LogP contribution in [0.15, 0.2) is 42.7 Å². The first-order valence-corrected chi connectivity index (χ1v) is 4.94. The Morgan fingerprint density at radius 3 is 2.80 bits per heavy atom. The van der Waals surface area contributed by atoms with Gasteiger partial charge in [-0.3, -0.25) is 0 Å². The molecule has 2 rings (SSSR count). The number of H-pyrrole nitrogens is 1. The fraction of sp³-hybridized carbons (Fsp3) is 0.167. The van der Waals surface area contributed by atoms with Gasteiger partial charge in [0, 0.05) is 30.2 Å². The van der Waals surface area contributed by atoms with Gasteiger partial charge in [0.05, 0.1) is 6.61 Å². The first kappa shape index (κ1) is 9.80. The second-order valence-electron chi connectivity index (χ2n) is 3.39. The largest absolute Gasteiger partial charge is 0.392 e. The maximum atomic E-state index is 9.13. The standard InChI is InChI=1S/C12H14N2O/c15-9-11-3-1-2-4-12(11)14-8-10-5-6-13-7-10/h1-7,13-15H,8-9H2. The van der Waals surface area contributed by atoms with Crippen LogP contribution in [0.5, 0.6) is 0 Å². The number of rotatable bonds is 4. The van der Waals surface area contributed by atoms with Crippen molar-refractivity contribution in [2.75, 3.05) is 5.32 Å². The number of aliphatic hydroxyl groups excluding tert-OH is 1. The number of aliphatic hydroxyl groups is 1. The van der Waals surface area contributed by atoms with Crippen LogP contribution in [0.3, 0.4) is 0 Å². The molecule has 0 unspecified atom stereocenters. The Labute approximate surface area is 88.8 Å². The molecule has 1 heterocycles. The van der Waals surface area contributed by atoms with Crippen LogP contribution in [-0.2, 0) is 13.2 Å². The molecule has 0 radical (unpaired) electrons. The van der Waals surface area contributed by atoms with Crippen LogP contribution in [0.1, 0.15) is 11.1 Å². The van der Waals surface area contributed by atoms with E-state index >= 15 is 0 Å². The smallest absolute Gasteiger partial charge is 0.0701 e. The molecule has 0 spiro atoms. The molecule has 78 valence electrons. The van der Waals surface area contributed by atoms with Crippen molar-refractivity contribution in [3.63, 3.8) is 0 Å². The van der Waals surface area contributed by atoms with Gasteiger partial charge in [-0.2, -0.15) is 0 Å². The number of anilines is 1. The van der Waals surface area contributed by atoms with Crippen LogP contribution in [0.4, 0.5) is 5.69 Å². The van der Waals surface area contributed by atoms with Crippen LogP contribution in [0, 0.1) is 0 Å². The second-order valence-corrected chi connectivity index (χ2v) is 3.39. The number of hydrogen-bond donors (Lipinski definition) is 3. The predicted octanol–water partition coefficient (Wildman–Crippen LogP) is 2.12. The molecule has 0 amide bonds. The Bertz CT molecular complexity index is 409. The number of nitrogens with one attached hydrogen (secondary N) is 2. The van der Waals surface area contributed by atoms with E-state index in [1.54, 1.807) is 0 Å². The molecular weight excluding hydrogens is 188 g/mol. The highest BCUT2D eigenvalue weighted by atomic mass is 16.3. The first-order valence-electron chi connectivity index (χ1n) is 4.94. The number of hydrogen-bond acceptors (Lipinski definition) is 2. The number of benzene rings is 1. The molecule has 15 heavy (non-hydrogen) atoms. The highest BCUT2D eigenvalue weighted by Crippen LogP contribution is 2.15. The van der Waals surface area contributed by atoms with E-state index in [0.29, 0.717) is 0 Å². The lowest BCUT2D eigenvalue weighted by molar-refractivity contribution is 0.282. The molecule has 0 saturated heterocycles. The van der Waals surface area contributed by atoms with Gasteiger partial charge >= 0.3 is 0 Å². The molecule has 0 aliphatic carbocycles. The Morgan fingerprint density at radius 1 is 1.20 bits per heavy atom. The topological polar surface area (TPSA) is 48.0 Å². The molecule has 0 saturated carbocycles. The van der Waals surface area contributed by atoms with E-state index in [1.807, 2.05) is 42.7 Å². The third kappa shape index (κ3) is 2.39. The van der Waals surface area contributed by atoms with Crippen LogP contribution in [0.2, 0.25) is 0 Å². The second kappa shape index (κ2) is 4.66. The van der Waals surface area contributed by atoms with Crippen molar-refractivity contribution in [3.05, 3.63) is 53.9 Å². The summed E-state index contributed by atoms with van der Waals surface area (Å²) in [6, 6.07) is 9.79. The summed E-state index contributed by atoms with van der Waals surface area (Å²) in [6.07, 6.45) is 3.85. The van der Waals surface area contributed by atoms with E-state index in [4.69, 9.17) is 5.11 Å². The lowest BCUT2D eigenvalue weighted by Crippen LogP contribution is -2.01. The normalized spacial score (nSPS) is 10.2. The highest BCUT2D eigenvalue weighted by Gasteiger charge is 1.99. The van der Waals surface area contributed by atoms with E-state index in [-0.39, 0.29) is 6.61 Å². The molecule has 0 aliphatic heterocycles. The summed E-state index contributed by atoms with van der Waals surface area (Å²) in [4.78, 5) is 3.01. The fourth-order valence-electron chi connectivity index (χ4n) is 1.50. The Morgan fingerprint density at radius 2 is 2.07 bits per heavy atom. The average Bonchev–Trinajstić information content (AvgIpc) is 2.79. The molecule has 1 aromatic carbocycles. The van der Waals surface area contributed by atoms with Crippen molar-refractivity contribution in [3.8, 4) is 0 Å². The van der Waals surface area contributed by atoms with Gasteiger partial charge in [0.1, 0.15) is 0 Å². The molecule has 2 aromatic rings. The zero-order valence-electron chi connectivity index (χ0n) is 8.40. The van der Waals surface area contributed by atoms with Crippen LogP contribution in [-0.4, -0.2) is 10.1 Å². The van der Waals surface area contributed by atoms with E-state index < -0.39 is 0 Å². The maximum absolute atomic E-state index is 9.13. The summed E-state index contributed by atoms with van der Waals surface area (Å²) >= 11 is 0. The summed E-state index contributed by atoms with van der Waals surface area (Å²) in [5.41, 5.74) is 3.11. The minimum absolute atomic E-state index is 0.0658. The average molecular weight is 202 g/mol. The first-order chi connectivity index (χ1) is 7.40. The van der Waals surface area contributed by atoms with Gasteiger partial charge in [-0.15, -0.1) is 0 Å². The van der Waals surface area contributed by atoms with Gasteiger partial charge in [-0.1, -0.05) is 18.2 Å². The number of aromatic nitrogens is 1. The van der Waals surface area contributed by atoms with Crippen LogP contribution >= 0.6 is 0 Å². The third-order valence-corrected chi connectivity index (χ3v) is 2.33. The van der Waals surface area contributed by atoms with Crippen molar-refractivity contribution in [1.29, 1.82) is 0 Å². The van der Waals surface area contributed by atoms with E-state index in [2.05, 4.69) is 10.3 Å². The van der Waals surface area contributed by atoms with E-state index in [1.165, 1.54) is 5.56 Å². The third-order valence-electron chi connectivity index (χ3n) is 2.33. The van der Waals surface area contributed by atoms with Gasteiger partial charge in [-0.25, -0.2) is 0 Å². The lowest BCUT2D eigenvalue weighted by atomic mass is 10.2. The molecule has 0 bridgehead atoms. The van der Waals surface area contributed by atoms with Crippen LogP contribution in [0.25, 0.3) is 0 Å². The SMILES string of the molecule is OCc1ccccc1NCc1cc[nH]c1. The highest BCUT2D eigenvalue weighted by molar-refractivity contribution is 5.50. The van der Waals surface area contributed by atoms with Gasteiger partial charge in [0.15, 0.2) is 0 Å². The lowest BCUT2D eigenvalue weighted by Gasteiger charge is -2.09. The summed E-state index contributed by atoms with van der Waals surface area (Å²) in [6.45, 7) is 0.830. The Hall–Kier alpha value is -1.74. The Kier molecular flexibility index (Phi) is 3.05. The van der Waals surface area contributed by atoms with E-state index in [9.17, 15) is 0 Å². The maximum Gasteiger partial charge on any atom is 0.0701 e. The molecule has 1 aromatic heterocycles. The van der Waals surface area contributed by atoms with Crippen molar-refractivity contribution in [2.24, 2.45) is 0 Å². The Balaban J connectivity index is 2.04. The van der Waals surface area contributed by atoms with Crippen molar-refractivity contribution >= 4 is 5.69 Å². The quantitative estimate of drug-likeness (QED) is 0.711. The zero-order chi connectivity index (χ0) is 10.5. The van der Waals surface area contributed by atoms with Gasteiger partial charge in [0.2, 0.25) is 0 Å². The molecule has 0 aliphatic rings. The predicted molar refractivity (Wildman–Crippen MR) is 60.5 cm³/mol. The number of aromatic amines is 1. The van der Waals surface area contributed by atoms with Crippen molar-refractivity contribution in [2.45, 2.75) is 13.2 Å². The van der Waals surface area contributed by atoms with E-state index in [0.717, 1.165) is 17.8 Å². The van der Waals surface area contributed by atoms with Crippen molar-refractivity contribution < 1.29 is 5.11 Å². The zero-order valence-corrected chi connectivity index (χ0v) is 8.40. The molecule has 3 heteroatoms. The van der Waals surface area contributed by atoms with Gasteiger partial charge in [0.25, 0.3) is 0 Å². The molecule has 0 atom stereocenters. The molecule has 3 N–H and O–H groups in total. The monoisotopic (exact) mass is 202 g/mol. The van der Waals surface area contributed by atoms with Crippen molar-refractivity contribution in [1.82, 2.24) is 4.98 Å². The summed E-state index contributed by atoms with van der Waals surface area (Å²) in [5, 5.41) is 12.4. The summed E-state index contributed by atoms with van der Waals surface area (Å²) < 4.78 is 0. The fourth-order valence-corrected chi connectivity index (χ4v) is 1.50. The molecule has 0 fully saturated rings. The molecule has 3 nitrogen and oxygen atoms in total. The summed E-state index contributed by atoms with van der Waals surface area (Å²) in [5.74, 6) is 0. The number of para-hydroxylation sites is 1. The molecular formula is C12H14N2O. The minimum Gasteiger partial charge on any atom is -0.392 e.